The number of sulfone groups is 2. The summed E-state index contributed by atoms with van der Waals surface area (Å²) in [6, 6.07) is 0. The average Bonchev–Trinajstić information content (AvgIpc) is 2.77. The van der Waals surface area contributed by atoms with E-state index in [0.29, 0.717) is 19.4 Å². The molecule has 0 aromatic carbocycles. The maximum atomic E-state index is 12.8. The molecule has 2 aliphatic rings. The molecule has 14 heteroatoms. The minimum atomic E-state index is -6.58. The fraction of sp³-hybridized carbons (Fsp3) is 1.00. The molecule has 0 aliphatic carbocycles. The van der Waals surface area contributed by atoms with Crippen LogP contribution in [0.4, 0.5) is 26.3 Å². The number of hydrogen-bond donors (Lipinski definition) is 0. The maximum Gasteiger partial charge on any atom is 0.498 e. The fourth-order valence-corrected chi connectivity index (χ4v) is 9.30. The smallest absolute Gasteiger partial charge is 0.324 e. The van der Waals surface area contributed by atoms with Crippen molar-refractivity contribution in [1.29, 1.82) is 0 Å². The van der Waals surface area contributed by atoms with Gasteiger partial charge in [-0.1, -0.05) is 27.2 Å². The number of alkyl halides is 6. The van der Waals surface area contributed by atoms with Crippen molar-refractivity contribution in [2.45, 2.75) is 93.7 Å². The summed E-state index contributed by atoms with van der Waals surface area (Å²) in [7, 11) is -13.2. The molecule has 2 aliphatic heterocycles. The van der Waals surface area contributed by atoms with E-state index in [9.17, 15) is 43.2 Å². The molecule has 0 N–H and O–H groups in total. The van der Waals surface area contributed by atoms with Crippen LogP contribution in [-0.2, 0) is 19.7 Å². The van der Waals surface area contributed by atoms with Gasteiger partial charge in [-0.15, -0.1) is 0 Å². The summed E-state index contributed by atoms with van der Waals surface area (Å²) >= 11 is 0. The molecule has 2 fully saturated rings. The molecule has 2 heterocycles. The second-order valence-electron chi connectivity index (χ2n) is 9.80. The summed E-state index contributed by atoms with van der Waals surface area (Å²) in [5.74, 6) is 0. The van der Waals surface area contributed by atoms with Crippen LogP contribution in [0.2, 0.25) is 0 Å². The summed E-state index contributed by atoms with van der Waals surface area (Å²) in [5.41, 5.74) is -12.2. The van der Waals surface area contributed by atoms with Crippen LogP contribution in [-0.4, -0.2) is 87.1 Å². The summed E-state index contributed by atoms with van der Waals surface area (Å²) < 4.78 is 121. The number of hydrogen-bond acceptors (Lipinski definition) is 5. The fourth-order valence-electron chi connectivity index (χ4n) is 5.29. The van der Waals surface area contributed by atoms with Crippen LogP contribution in [0.3, 0.4) is 0 Å². The normalized spacial score (nSPS) is 21.5. The third-order valence-electron chi connectivity index (χ3n) is 7.20. The van der Waals surface area contributed by atoms with E-state index in [-0.39, 0.29) is 0 Å². The Kier molecular flexibility index (Phi) is 12.0. The molecule has 0 bridgehead atoms. The first-order valence-corrected chi connectivity index (χ1v) is 15.6. The Morgan fingerprint density at radius 1 is 0.722 bits per heavy atom. The number of unbranched alkanes of at least 4 members (excludes halogenated alkanes) is 1. The number of rotatable bonds is 9. The van der Waals surface area contributed by atoms with Crippen LogP contribution >= 0.6 is 0 Å². The topological polar surface area (TPSA) is 71.5 Å². The predicted octanol–water partition coefficient (Wildman–Crippen LogP) is 5.25. The molecular formula is C22H41F6N2O4S2+. The van der Waals surface area contributed by atoms with Gasteiger partial charge in [0.1, 0.15) is 0 Å². The van der Waals surface area contributed by atoms with Crippen molar-refractivity contribution in [3.05, 3.63) is 0 Å². The number of quaternary nitrogens is 1. The van der Waals surface area contributed by atoms with E-state index < -0.39 is 60.7 Å². The summed E-state index contributed by atoms with van der Waals surface area (Å²) in [5, 5.41) is 0. The molecular weight excluding hydrogens is 534 g/mol. The molecule has 0 amide bonds. The second kappa shape index (κ2) is 13.0. The van der Waals surface area contributed by atoms with Gasteiger partial charge in [0.2, 0.25) is 0 Å². The highest BCUT2D eigenvalue weighted by Gasteiger charge is 2.72. The Morgan fingerprint density at radius 2 is 1.14 bits per heavy atom. The summed E-state index contributed by atoms with van der Waals surface area (Å²) in [4.78, 5) is 1.46. The molecule has 0 saturated carbocycles. The van der Waals surface area contributed by atoms with Crippen molar-refractivity contribution < 1.29 is 47.7 Å². The van der Waals surface area contributed by atoms with Gasteiger partial charge in [0.15, 0.2) is 4.08 Å². The van der Waals surface area contributed by atoms with E-state index in [1.54, 1.807) is 0 Å². The molecule has 0 aromatic rings. The van der Waals surface area contributed by atoms with Gasteiger partial charge in [-0.2, -0.15) is 26.3 Å². The number of piperidine rings is 2. The highest BCUT2D eigenvalue weighted by Crippen LogP contribution is 2.48. The monoisotopic (exact) mass is 575 g/mol. The van der Waals surface area contributed by atoms with Gasteiger partial charge in [0.25, 0.3) is 19.7 Å². The lowest BCUT2D eigenvalue weighted by Crippen LogP contribution is -2.60. The Hall–Kier alpha value is -0.600. The van der Waals surface area contributed by atoms with Gasteiger partial charge >= 0.3 is 11.0 Å². The van der Waals surface area contributed by atoms with Crippen molar-refractivity contribution in [3.63, 3.8) is 0 Å². The van der Waals surface area contributed by atoms with Gasteiger partial charge < -0.3 is 9.38 Å². The van der Waals surface area contributed by atoms with Crippen molar-refractivity contribution in [2.24, 2.45) is 0 Å². The van der Waals surface area contributed by atoms with Gasteiger partial charge in [-0.25, -0.2) is 16.8 Å². The molecule has 6 nitrogen and oxygen atoms in total. The molecule has 0 aromatic heterocycles. The van der Waals surface area contributed by atoms with Crippen molar-refractivity contribution >= 4 is 19.7 Å². The number of likely N-dealkylation sites (tertiary alicyclic amines) is 2. The molecule has 0 atom stereocenters. The van der Waals surface area contributed by atoms with Crippen LogP contribution in [0.15, 0.2) is 0 Å². The standard InChI is InChI=1S/C11H17F6NO4S2.C11H24N/c1-2-3-6-18-7-4-9(5-8-18,23(19,20)10(12,13)14)24(21,22)11(15,16)17;1-3-8-12(9-4-2)10-6-5-7-11-12/h2-8H2,1H3;3-11H2,1-2H3/q;+1. The van der Waals surface area contributed by atoms with Crippen LogP contribution in [0.25, 0.3) is 0 Å². The Balaban J connectivity index is 0.000000450. The van der Waals surface area contributed by atoms with Gasteiger partial charge in [0.05, 0.1) is 26.2 Å². The zero-order chi connectivity index (χ0) is 27.9. The highest BCUT2D eigenvalue weighted by atomic mass is 32.3. The molecule has 0 unspecified atom stereocenters. The van der Waals surface area contributed by atoms with Crippen molar-refractivity contribution in [1.82, 2.24) is 4.90 Å². The van der Waals surface area contributed by atoms with E-state index in [0.717, 1.165) is 0 Å². The molecule has 2 saturated heterocycles. The molecule has 0 radical (unpaired) electrons. The lowest BCUT2D eigenvalue weighted by atomic mass is 10.1. The van der Waals surface area contributed by atoms with E-state index >= 15 is 0 Å². The number of halogens is 6. The Labute approximate surface area is 211 Å². The Morgan fingerprint density at radius 3 is 1.47 bits per heavy atom. The molecule has 216 valence electrons. The molecule has 36 heavy (non-hydrogen) atoms. The lowest BCUT2D eigenvalue weighted by molar-refractivity contribution is -0.932. The van der Waals surface area contributed by atoms with Crippen LogP contribution in [0.1, 0.15) is 78.6 Å². The summed E-state index contributed by atoms with van der Waals surface area (Å²) in [6.07, 6.45) is 5.91. The van der Waals surface area contributed by atoms with Gasteiger partial charge in [-0.3, -0.25) is 0 Å². The minimum absolute atomic E-state index is 0.338. The maximum absolute atomic E-state index is 12.8. The molecule has 0 spiro atoms. The zero-order valence-corrected chi connectivity index (χ0v) is 23.1. The Bertz CT molecular complexity index is 814. The first-order valence-electron chi connectivity index (χ1n) is 12.7. The number of nitrogens with zero attached hydrogens (tertiary/aromatic N) is 2. The predicted molar refractivity (Wildman–Crippen MR) is 127 cm³/mol. The van der Waals surface area contributed by atoms with Crippen LogP contribution in [0.5, 0.6) is 0 Å². The minimum Gasteiger partial charge on any atom is -0.324 e. The summed E-state index contributed by atoms with van der Waals surface area (Å²) in [6.45, 7) is 11.6. The quantitative estimate of drug-likeness (QED) is 0.277. The molecule has 2 rings (SSSR count). The van der Waals surface area contributed by atoms with Crippen molar-refractivity contribution in [2.75, 3.05) is 45.8 Å². The van der Waals surface area contributed by atoms with Gasteiger partial charge in [-0.05, 0) is 57.9 Å². The lowest BCUT2D eigenvalue weighted by Gasteiger charge is -2.41. The zero-order valence-electron chi connectivity index (χ0n) is 21.4. The first kappa shape index (κ1) is 33.4. The average molecular weight is 576 g/mol. The van der Waals surface area contributed by atoms with Crippen LogP contribution < -0.4 is 0 Å². The third kappa shape index (κ3) is 7.28. The van der Waals surface area contributed by atoms with Gasteiger partial charge in [0, 0.05) is 13.1 Å². The second-order valence-corrected chi connectivity index (χ2v) is 14.6. The van der Waals surface area contributed by atoms with Crippen LogP contribution in [0, 0.1) is 0 Å². The third-order valence-corrected chi connectivity index (χ3v) is 12.5. The van der Waals surface area contributed by atoms with E-state index in [1.807, 2.05) is 6.92 Å². The van der Waals surface area contributed by atoms with Crippen molar-refractivity contribution in [3.8, 4) is 0 Å². The van der Waals surface area contributed by atoms with E-state index in [2.05, 4.69) is 13.8 Å². The van der Waals surface area contributed by atoms with E-state index in [4.69, 9.17) is 0 Å². The SMILES string of the molecule is CCCCN1CCC(S(=O)(=O)C(F)(F)F)(S(=O)(=O)C(F)(F)F)CC1.CCC[N+]1(CCC)CCCCC1. The largest absolute Gasteiger partial charge is 0.498 e. The first-order chi connectivity index (χ1) is 16.5. The highest BCUT2D eigenvalue weighted by molar-refractivity contribution is 8.11. The van der Waals surface area contributed by atoms with E-state index in [1.165, 1.54) is 67.7 Å².